The molecule has 0 saturated carbocycles. The molecule has 2 fully saturated rings. The molecule has 2 rings (SSSR count). The quantitative estimate of drug-likeness (QED) is 0.502. The second-order valence-corrected chi connectivity index (χ2v) is 2.68. The third-order valence-electron chi connectivity index (χ3n) is 1.97. The van der Waals surface area contributed by atoms with Crippen LogP contribution in [0.15, 0.2) is 0 Å². The summed E-state index contributed by atoms with van der Waals surface area (Å²) in [6.07, 6.45) is -2.63. The fraction of sp³-hybridized carbons (Fsp3) is 1.00. The van der Waals surface area contributed by atoms with E-state index >= 15 is 0 Å². The molecular formula is C6H9FO3. The van der Waals surface area contributed by atoms with Gasteiger partial charge in [-0.2, -0.15) is 0 Å². The number of ether oxygens (including phenoxy) is 2. The Bertz CT molecular complexity index is 125. The number of rotatable bonds is 0. The summed E-state index contributed by atoms with van der Waals surface area (Å²) in [5, 5.41) is 9.10. The predicted molar refractivity (Wildman–Crippen MR) is 30.4 cm³/mol. The summed E-state index contributed by atoms with van der Waals surface area (Å²) >= 11 is 0. The first-order valence-electron chi connectivity index (χ1n) is 3.34. The van der Waals surface area contributed by atoms with Gasteiger partial charge in [0, 0.05) is 0 Å². The number of hydrogen-bond donors (Lipinski definition) is 1. The molecule has 4 atom stereocenters. The highest BCUT2D eigenvalue weighted by Crippen LogP contribution is 2.28. The van der Waals surface area contributed by atoms with Crippen LogP contribution >= 0.6 is 0 Å². The van der Waals surface area contributed by atoms with Gasteiger partial charge in [0.25, 0.3) is 0 Å². The Balaban J connectivity index is 2.09. The molecule has 0 unspecified atom stereocenters. The first-order chi connectivity index (χ1) is 4.79. The molecule has 58 valence electrons. The zero-order chi connectivity index (χ0) is 7.14. The highest BCUT2D eigenvalue weighted by molar-refractivity contribution is 4.94. The van der Waals surface area contributed by atoms with Crippen LogP contribution in [-0.2, 0) is 9.47 Å². The van der Waals surface area contributed by atoms with E-state index in [9.17, 15) is 4.39 Å². The molecule has 3 nitrogen and oxygen atoms in total. The van der Waals surface area contributed by atoms with E-state index in [1.165, 1.54) is 0 Å². The van der Waals surface area contributed by atoms with Crippen molar-refractivity contribution >= 4 is 0 Å². The number of alkyl halides is 1. The summed E-state index contributed by atoms with van der Waals surface area (Å²) in [6, 6.07) is 0. The molecule has 0 radical (unpaired) electrons. The minimum absolute atomic E-state index is 0.0619. The maximum atomic E-state index is 12.7. The molecule has 2 heterocycles. The van der Waals surface area contributed by atoms with Crippen molar-refractivity contribution in [2.75, 3.05) is 13.2 Å². The Labute approximate surface area is 57.7 Å². The lowest BCUT2D eigenvalue weighted by atomic mass is 10.1. The van der Waals surface area contributed by atoms with Gasteiger partial charge in [0.05, 0.1) is 13.2 Å². The van der Waals surface area contributed by atoms with Crippen molar-refractivity contribution in [2.24, 2.45) is 0 Å². The van der Waals surface area contributed by atoms with Crippen molar-refractivity contribution in [1.82, 2.24) is 0 Å². The topological polar surface area (TPSA) is 38.7 Å². The van der Waals surface area contributed by atoms with Gasteiger partial charge in [-0.05, 0) is 0 Å². The van der Waals surface area contributed by atoms with Crippen LogP contribution in [0.4, 0.5) is 4.39 Å². The van der Waals surface area contributed by atoms with E-state index < -0.39 is 24.5 Å². The lowest BCUT2D eigenvalue weighted by Gasteiger charge is -2.08. The van der Waals surface area contributed by atoms with Crippen LogP contribution in [0.1, 0.15) is 0 Å². The molecule has 4 heteroatoms. The van der Waals surface area contributed by atoms with Crippen molar-refractivity contribution < 1.29 is 19.0 Å². The van der Waals surface area contributed by atoms with Gasteiger partial charge in [-0.3, -0.25) is 0 Å². The smallest absolute Gasteiger partial charge is 0.152 e. The minimum Gasteiger partial charge on any atom is -0.388 e. The van der Waals surface area contributed by atoms with Gasteiger partial charge in [-0.15, -0.1) is 0 Å². The molecule has 10 heavy (non-hydrogen) atoms. The molecule has 0 aromatic carbocycles. The molecule has 2 aliphatic heterocycles. The molecular weight excluding hydrogens is 139 g/mol. The molecule has 0 aliphatic carbocycles. The maximum Gasteiger partial charge on any atom is 0.152 e. The van der Waals surface area contributed by atoms with Crippen LogP contribution in [0.3, 0.4) is 0 Å². The van der Waals surface area contributed by atoms with Crippen LogP contribution < -0.4 is 0 Å². The van der Waals surface area contributed by atoms with Crippen LogP contribution in [0.25, 0.3) is 0 Å². The number of halogens is 1. The van der Waals surface area contributed by atoms with Crippen molar-refractivity contribution in [2.45, 2.75) is 24.5 Å². The molecule has 0 amide bonds. The summed E-state index contributed by atoms with van der Waals surface area (Å²) in [7, 11) is 0. The zero-order valence-corrected chi connectivity index (χ0v) is 5.37. The molecule has 2 aliphatic rings. The molecule has 2 saturated heterocycles. The Hall–Kier alpha value is -0.190. The predicted octanol–water partition coefficient (Wildman–Crippen LogP) is -0.517. The average Bonchev–Trinajstić information content (AvgIpc) is 2.41. The van der Waals surface area contributed by atoms with E-state index in [4.69, 9.17) is 14.6 Å². The number of aliphatic hydroxyl groups excluding tert-OH is 1. The average molecular weight is 148 g/mol. The van der Waals surface area contributed by atoms with Gasteiger partial charge < -0.3 is 14.6 Å². The molecule has 0 bridgehead atoms. The van der Waals surface area contributed by atoms with Gasteiger partial charge in [0.2, 0.25) is 0 Å². The van der Waals surface area contributed by atoms with E-state index in [2.05, 4.69) is 0 Å². The maximum absolute atomic E-state index is 12.7. The Morgan fingerprint density at radius 3 is 2.60 bits per heavy atom. The van der Waals surface area contributed by atoms with Crippen LogP contribution in [0.5, 0.6) is 0 Å². The summed E-state index contributed by atoms with van der Waals surface area (Å²) < 4.78 is 22.6. The fourth-order valence-corrected chi connectivity index (χ4v) is 1.43. The van der Waals surface area contributed by atoms with Crippen LogP contribution in [0, 0.1) is 0 Å². The largest absolute Gasteiger partial charge is 0.388 e. The Morgan fingerprint density at radius 1 is 1.20 bits per heavy atom. The minimum atomic E-state index is -1.05. The first kappa shape index (κ1) is 6.52. The number of hydrogen-bond acceptors (Lipinski definition) is 3. The van der Waals surface area contributed by atoms with Crippen molar-refractivity contribution in [3.05, 3.63) is 0 Å². The molecule has 1 N–H and O–H groups in total. The number of aliphatic hydroxyl groups is 1. The van der Waals surface area contributed by atoms with Crippen molar-refractivity contribution in [3.63, 3.8) is 0 Å². The van der Waals surface area contributed by atoms with Crippen LogP contribution in [-0.4, -0.2) is 42.8 Å². The van der Waals surface area contributed by atoms with Gasteiger partial charge in [-0.1, -0.05) is 0 Å². The third-order valence-corrected chi connectivity index (χ3v) is 1.97. The van der Waals surface area contributed by atoms with E-state index in [0.29, 0.717) is 0 Å². The zero-order valence-electron chi connectivity index (χ0n) is 5.37. The van der Waals surface area contributed by atoms with Gasteiger partial charge in [0.1, 0.15) is 18.3 Å². The van der Waals surface area contributed by atoms with E-state index in [-0.39, 0.29) is 13.2 Å². The normalized spacial score (nSPS) is 53.4. The number of fused-ring (bicyclic) bond motifs is 1. The van der Waals surface area contributed by atoms with Crippen molar-refractivity contribution in [1.29, 1.82) is 0 Å². The lowest BCUT2D eigenvalue weighted by molar-refractivity contribution is 0.0154. The van der Waals surface area contributed by atoms with Crippen LogP contribution in [0.2, 0.25) is 0 Å². The fourth-order valence-electron chi connectivity index (χ4n) is 1.43. The first-order valence-corrected chi connectivity index (χ1v) is 3.34. The Morgan fingerprint density at radius 2 is 1.90 bits per heavy atom. The molecule has 0 spiro atoms. The lowest BCUT2D eigenvalue weighted by Crippen LogP contribution is -2.29. The van der Waals surface area contributed by atoms with E-state index in [1.54, 1.807) is 0 Å². The van der Waals surface area contributed by atoms with Crippen molar-refractivity contribution in [3.8, 4) is 0 Å². The second kappa shape index (κ2) is 2.15. The van der Waals surface area contributed by atoms with Gasteiger partial charge in [0.15, 0.2) is 6.17 Å². The molecule has 0 aromatic heterocycles. The summed E-state index contributed by atoms with van der Waals surface area (Å²) in [4.78, 5) is 0. The summed E-state index contributed by atoms with van der Waals surface area (Å²) in [5.41, 5.74) is 0. The van der Waals surface area contributed by atoms with Gasteiger partial charge in [-0.25, -0.2) is 4.39 Å². The summed E-state index contributed by atoms with van der Waals surface area (Å²) in [5.74, 6) is 0. The third kappa shape index (κ3) is 0.761. The molecule has 0 aromatic rings. The second-order valence-electron chi connectivity index (χ2n) is 2.68. The van der Waals surface area contributed by atoms with E-state index in [1.807, 2.05) is 0 Å². The standard InChI is InChI=1S/C6H9FO3/c7-3-1-9-6-4(8)2-10-5(3)6/h3-6,8H,1-2H2/t3-,4-,5-,6-/m1/s1. The monoisotopic (exact) mass is 148 g/mol. The highest BCUT2D eigenvalue weighted by atomic mass is 19.1. The Kier molecular flexibility index (Phi) is 1.40. The SMILES string of the molecule is O[C@@H]1CO[C@H]2[C@@H]1OC[C@H]2F. The highest BCUT2D eigenvalue weighted by Gasteiger charge is 2.47. The van der Waals surface area contributed by atoms with Gasteiger partial charge >= 0.3 is 0 Å². The summed E-state index contributed by atoms with van der Waals surface area (Å²) in [6.45, 7) is 0.266. The van der Waals surface area contributed by atoms with E-state index in [0.717, 1.165) is 0 Å².